The van der Waals surface area contributed by atoms with Crippen molar-refractivity contribution in [2.45, 2.75) is 19.1 Å². The zero-order chi connectivity index (χ0) is 14.5. The first-order chi connectivity index (χ1) is 9.61. The number of rotatable bonds is 6. The molecule has 0 aliphatic heterocycles. The fourth-order valence-electron chi connectivity index (χ4n) is 2.04. The molecule has 0 saturated carbocycles. The van der Waals surface area contributed by atoms with Crippen LogP contribution in [0.2, 0.25) is 0 Å². The molecule has 1 aromatic carbocycles. The van der Waals surface area contributed by atoms with E-state index in [0.717, 1.165) is 10.0 Å². The fraction of sp³-hybridized carbons (Fsp3) is 0.357. The van der Waals surface area contributed by atoms with Crippen LogP contribution in [0.4, 0.5) is 4.39 Å². The van der Waals surface area contributed by atoms with Crippen molar-refractivity contribution >= 4 is 15.9 Å². The van der Waals surface area contributed by atoms with Gasteiger partial charge in [-0.1, -0.05) is 12.1 Å². The van der Waals surface area contributed by atoms with Crippen LogP contribution >= 0.6 is 15.9 Å². The van der Waals surface area contributed by atoms with Crippen molar-refractivity contribution in [3.05, 3.63) is 52.0 Å². The second kappa shape index (κ2) is 6.97. The molecule has 1 heterocycles. The Morgan fingerprint density at radius 3 is 3.00 bits per heavy atom. The van der Waals surface area contributed by atoms with E-state index in [4.69, 9.17) is 4.74 Å². The van der Waals surface area contributed by atoms with Crippen LogP contribution in [0.3, 0.4) is 0 Å². The summed E-state index contributed by atoms with van der Waals surface area (Å²) in [4.78, 5) is 0. The van der Waals surface area contributed by atoms with Gasteiger partial charge in [0.05, 0.1) is 29.5 Å². The zero-order valence-corrected chi connectivity index (χ0v) is 12.7. The Hall–Kier alpha value is -1.24. The molecule has 20 heavy (non-hydrogen) atoms. The van der Waals surface area contributed by atoms with Gasteiger partial charge in [-0.3, -0.25) is 4.68 Å². The van der Waals surface area contributed by atoms with Crippen LogP contribution in [0.25, 0.3) is 0 Å². The van der Waals surface area contributed by atoms with Crippen LogP contribution in [0.5, 0.6) is 0 Å². The normalized spacial score (nSPS) is 12.6. The molecule has 2 aromatic rings. The molecule has 1 unspecified atom stereocenters. The van der Waals surface area contributed by atoms with Crippen molar-refractivity contribution in [1.29, 1.82) is 0 Å². The van der Waals surface area contributed by atoms with Gasteiger partial charge in [0.25, 0.3) is 0 Å². The average molecular weight is 343 g/mol. The summed E-state index contributed by atoms with van der Waals surface area (Å²) in [5, 5.41) is 14.5. The number of hydrogen-bond acceptors (Lipinski definition) is 3. The molecule has 0 aliphatic rings. The number of methoxy groups -OCH3 is 1. The minimum Gasteiger partial charge on any atom is -0.386 e. The molecule has 0 aliphatic carbocycles. The maximum atomic E-state index is 13.2. The van der Waals surface area contributed by atoms with Crippen LogP contribution in [0.15, 0.2) is 34.9 Å². The maximum Gasteiger partial charge on any atom is 0.123 e. The minimum absolute atomic E-state index is 0.304. The van der Waals surface area contributed by atoms with Gasteiger partial charge in [-0.15, -0.1) is 0 Å². The Balaban J connectivity index is 2.16. The van der Waals surface area contributed by atoms with E-state index in [1.54, 1.807) is 30.1 Å². The number of halogens is 2. The molecule has 2 rings (SSSR count). The van der Waals surface area contributed by atoms with E-state index in [1.165, 1.54) is 12.1 Å². The van der Waals surface area contributed by atoms with E-state index in [-0.39, 0.29) is 5.82 Å². The van der Waals surface area contributed by atoms with Crippen LogP contribution in [-0.4, -0.2) is 28.6 Å². The zero-order valence-electron chi connectivity index (χ0n) is 11.1. The van der Waals surface area contributed by atoms with Crippen LogP contribution in [0.1, 0.15) is 17.4 Å². The summed E-state index contributed by atoms with van der Waals surface area (Å²) in [7, 11) is 1.61. The molecule has 0 spiro atoms. The van der Waals surface area contributed by atoms with E-state index < -0.39 is 6.10 Å². The van der Waals surface area contributed by atoms with Crippen LogP contribution in [0, 0.1) is 5.82 Å². The van der Waals surface area contributed by atoms with Gasteiger partial charge in [-0.05, 0) is 33.6 Å². The number of aliphatic hydroxyl groups is 1. The highest BCUT2D eigenvalue weighted by atomic mass is 79.9. The molecule has 6 heteroatoms. The van der Waals surface area contributed by atoms with Crippen molar-refractivity contribution in [2.75, 3.05) is 13.7 Å². The molecule has 0 fully saturated rings. The molecule has 0 saturated heterocycles. The molecule has 1 N–H and O–H groups in total. The summed E-state index contributed by atoms with van der Waals surface area (Å²) >= 11 is 3.38. The second-order valence-corrected chi connectivity index (χ2v) is 5.30. The highest BCUT2D eigenvalue weighted by Gasteiger charge is 2.18. The molecule has 0 radical (unpaired) electrons. The summed E-state index contributed by atoms with van der Waals surface area (Å²) in [6, 6.07) is 6.23. The lowest BCUT2D eigenvalue weighted by molar-refractivity contribution is 0.152. The van der Waals surface area contributed by atoms with Gasteiger partial charge in [-0.2, -0.15) is 5.10 Å². The Morgan fingerprint density at radius 2 is 2.30 bits per heavy atom. The van der Waals surface area contributed by atoms with Gasteiger partial charge in [0.15, 0.2) is 0 Å². The number of ether oxygens (including phenoxy) is 1. The Bertz CT molecular complexity index is 574. The number of aliphatic hydroxyl groups excluding tert-OH is 1. The largest absolute Gasteiger partial charge is 0.386 e. The topological polar surface area (TPSA) is 47.3 Å². The fourth-order valence-corrected chi connectivity index (χ4v) is 2.60. The predicted octanol–water partition coefficient (Wildman–Crippen LogP) is 2.71. The average Bonchev–Trinajstić information content (AvgIpc) is 2.77. The van der Waals surface area contributed by atoms with Crippen LogP contribution < -0.4 is 0 Å². The highest BCUT2D eigenvalue weighted by molar-refractivity contribution is 9.10. The van der Waals surface area contributed by atoms with Crippen molar-refractivity contribution in [1.82, 2.24) is 9.78 Å². The SMILES string of the molecule is COCCn1ncc(Br)c1C(O)Cc1cccc(F)c1. The first kappa shape index (κ1) is 15.2. The number of benzene rings is 1. The Kier molecular flexibility index (Phi) is 5.28. The van der Waals surface area contributed by atoms with E-state index in [2.05, 4.69) is 21.0 Å². The van der Waals surface area contributed by atoms with Crippen molar-refractivity contribution in [3.8, 4) is 0 Å². The third-order valence-electron chi connectivity index (χ3n) is 2.97. The lowest BCUT2D eigenvalue weighted by Crippen LogP contribution is -2.14. The van der Waals surface area contributed by atoms with Gasteiger partial charge < -0.3 is 9.84 Å². The third-order valence-corrected chi connectivity index (χ3v) is 3.59. The van der Waals surface area contributed by atoms with Gasteiger partial charge in [0.1, 0.15) is 11.9 Å². The molecule has 0 amide bonds. The van der Waals surface area contributed by atoms with Gasteiger partial charge in [-0.25, -0.2) is 4.39 Å². The lowest BCUT2D eigenvalue weighted by Gasteiger charge is -2.14. The summed E-state index contributed by atoms with van der Waals surface area (Å²) in [5.41, 5.74) is 1.41. The molecule has 1 aromatic heterocycles. The predicted molar refractivity (Wildman–Crippen MR) is 76.9 cm³/mol. The molecular formula is C14H16BrFN2O2. The van der Waals surface area contributed by atoms with E-state index in [9.17, 15) is 9.50 Å². The molecular weight excluding hydrogens is 327 g/mol. The maximum absolute atomic E-state index is 13.2. The van der Waals surface area contributed by atoms with Gasteiger partial charge >= 0.3 is 0 Å². The molecule has 1 atom stereocenters. The number of nitrogens with zero attached hydrogens (tertiary/aromatic N) is 2. The summed E-state index contributed by atoms with van der Waals surface area (Å²) in [6.07, 6.45) is 1.21. The summed E-state index contributed by atoms with van der Waals surface area (Å²) in [6.45, 7) is 1.06. The van der Waals surface area contributed by atoms with Crippen molar-refractivity contribution in [2.24, 2.45) is 0 Å². The van der Waals surface area contributed by atoms with Crippen LogP contribution in [-0.2, 0) is 17.7 Å². The van der Waals surface area contributed by atoms with E-state index in [1.807, 2.05) is 0 Å². The molecule has 108 valence electrons. The highest BCUT2D eigenvalue weighted by Crippen LogP contribution is 2.26. The number of hydrogen-bond donors (Lipinski definition) is 1. The molecule has 4 nitrogen and oxygen atoms in total. The van der Waals surface area contributed by atoms with Crippen molar-refractivity contribution < 1.29 is 14.2 Å². The number of aromatic nitrogens is 2. The first-order valence-corrected chi connectivity index (χ1v) is 7.03. The summed E-state index contributed by atoms with van der Waals surface area (Å²) < 4.78 is 20.6. The Morgan fingerprint density at radius 1 is 1.50 bits per heavy atom. The van der Waals surface area contributed by atoms with Gasteiger partial charge in [0, 0.05) is 13.5 Å². The minimum atomic E-state index is -0.759. The summed E-state index contributed by atoms with van der Waals surface area (Å²) in [5.74, 6) is -0.304. The Labute approximate surface area is 125 Å². The lowest BCUT2D eigenvalue weighted by atomic mass is 10.1. The molecule has 0 bridgehead atoms. The smallest absolute Gasteiger partial charge is 0.123 e. The second-order valence-electron chi connectivity index (χ2n) is 4.44. The van der Waals surface area contributed by atoms with E-state index in [0.29, 0.717) is 25.3 Å². The monoisotopic (exact) mass is 342 g/mol. The third kappa shape index (κ3) is 3.65. The van der Waals surface area contributed by atoms with E-state index >= 15 is 0 Å². The standard InChI is InChI=1S/C14H16BrFN2O2/c1-20-6-5-18-14(12(15)9-17-18)13(19)8-10-3-2-4-11(16)7-10/h2-4,7,9,13,19H,5-6,8H2,1H3. The van der Waals surface area contributed by atoms with Crippen molar-refractivity contribution in [3.63, 3.8) is 0 Å². The first-order valence-electron chi connectivity index (χ1n) is 6.24. The quantitative estimate of drug-likeness (QED) is 0.877. The van der Waals surface area contributed by atoms with Gasteiger partial charge in [0.2, 0.25) is 0 Å².